The van der Waals surface area contributed by atoms with Crippen LogP contribution < -0.4 is 5.32 Å². The van der Waals surface area contributed by atoms with Gasteiger partial charge in [0.1, 0.15) is 0 Å². The first-order valence-electron chi connectivity index (χ1n) is 12.4. The molecule has 0 bridgehead atoms. The van der Waals surface area contributed by atoms with Crippen LogP contribution in [-0.4, -0.2) is 38.7 Å². The van der Waals surface area contributed by atoms with Gasteiger partial charge >= 0.3 is 5.97 Å². The number of aryl methyl sites for hydroxylation is 1. The van der Waals surface area contributed by atoms with Crippen LogP contribution in [0.3, 0.4) is 0 Å². The molecule has 1 aliphatic carbocycles. The molecule has 5 rings (SSSR count). The molecule has 7 heteroatoms. The van der Waals surface area contributed by atoms with Crippen LogP contribution in [-0.2, 0) is 4.74 Å². The number of carbonyl (C=O) groups excluding carboxylic acids is 1. The lowest BCUT2D eigenvalue weighted by Gasteiger charge is -2.37. The molecule has 0 amide bonds. The Balaban J connectivity index is 1.61. The minimum absolute atomic E-state index is 0.0269. The highest BCUT2D eigenvalue weighted by molar-refractivity contribution is 7.80. The Morgan fingerprint density at radius 3 is 2.60 bits per heavy atom. The summed E-state index contributed by atoms with van der Waals surface area (Å²) in [5.41, 5.74) is 5.97. The van der Waals surface area contributed by atoms with Crippen molar-refractivity contribution in [3.05, 3.63) is 82.9 Å². The second-order valence-corrected chi connectivity index (χ2v) is 9.92. The van der Waals surface area contributed by atoms with Gasteiger partial charge in [0, 0.05) is 29.3 Å². The largest absolute Gasteiger partial charge is 0.465 e. The summed E-state index contributed by atoms with van der Waals surface area (Å²) in [5.74, 6) is -0.335. The second-order valence-electron chi connectivity index (χ2n) is 9.53. The van der Waals surface area contributed by atoms with Crippen LogP contribution in [0.25, 0.3) is 5.69 Å². The third-order valence-corrected chi connectivity index (χ3v) is 7.75. The smallest absolute Gasteiger partial charge is 0.337 e. The maximum Gasteiger partial charge on any atom is 0.337 e. The zero-order valence-electron chi connectivity index (χ0n) is 20.5. The molecule has 1 saturated heterocycles. The number of esters is 1. The van der Waals surface area contributed by atoms with Crippen molar-refractivity contribution in [2.24, 2.45) is 0 Å². The molecule has 1 saturated carbocycles. The van der Waals surface area contributed by atoms with Crippen molar-refractivity contribution in [2.75, 3.05) is 7.11 Å². The van der Waals surface area contributed by atoms with Gasteiger partial charge in [-0.1, -0.05) is 31.4 Å². The summed E-state index contributed by atoms with van der Waals surface area (Å²) in [6.07, 6.45) is 7.94. The van der Waals surface area contributed by atoms with Gasteiger partial charge in [0.2, 0.25) is 0 Å². The Morgan fingerprint density at radius 1 is 1.09 bits per heavy atom. The fourth-order valence-corrected chi connectivity index (χ4v) is 6.21. The van der Waals surface area contributed by atoms with Crippen LogP contribution in [0.5, 0.6) is 0 Å². The lowest BCUT2D eigenvalue weighted by molar-refractivity contribution is 0.0600. The summed E-state index contributed by atoms with van der Waals surface area (Å²) in [6, 6.07) is 16.4. The Kier molecular flexibility index (Phi) is 6.60. The highest BCUT2D eigenvalue weighted by Gasteiger charge is 2.44. The Bertz CT molecular complexity index is 1230. The number of pyridine rings is 1. The van der Waals surface area contributed by atoms with Gasteiger partial charge in [-0.15, -0.1) is 0 Å². The lowest BCUT2D eigenvalue weighted by Crippen LogP contribution is -2.40. The van der Waals surface area contributed by atoms with Crippen LogP contribution in [0.1, 0.15) is 77.2 Å². The van der Waals surface area contributed by atoms with Crippen molar-refractivity contribution in [3.8, 4) is 5.69 Å². The molecule has 2 atom stereocenters. The number of hydrogen-bond acceptors (Lipinski definition) is 4. The third-order valence-electron chi connectivity index (χ3n) is 7.42. The van der Waals surface area contributed by atoms with E-state index in [2.05, 4.69) is 40.8 Å². The number of nitrogens with one attached hydrogen (secondary N) is 1. The molecule has 3 aromatic rings. The molecule has 1 aliphatic heterocycles. The fourth-order valence-electron chi connectivity index (χ4n) is 5.82. The van der Waals surface area contributed by atoms with Gasteiger partial charge < -0.3 is 19.5 Å². The van der Waals surface area contributed by atoms with E-state index < -0.39 is 0 Å². The Morgan fingerprint density at radius 2 is 1.89 bits per heavy atom. The van der Waals surface area contributed by atoms with Gasteiger partial charge in [0.15, 0.2) is 5.11 Å². The maximum absolute atomic E-state index is 12.2. The quantitative estimate of drug-likeness (QED) is 0.374. The van der Waals surface area contributed by atoms with Gasteiger partial charge in [0.25, 0.3) is 0 Å². The third kappa shape index (κ3) is 4.33. The maximum atomic E-state index is 12.2. The van der Waals surface area contributed by atoms with Crippen molar-refractivity contribution >= 4 is 23.3 Å². The van der Waals surface area contributed by atoms with Crippen LogP contribution in [0, 0.1) is 13.8 Å². The van der Waals surface area contributed by atoms with Crippen LogP contribution in [0.4, 0.5) is 0 Å². The number of rotatable bonds is 5. The van der Waals surface area contributed by atoms with E-state index in [0.717, 1.165) is 40.7 Å². The summed E-state index contributed by atoms with van der Waals surface area (Å²) in [6.45, 7) is 4.27. The molecule has 0 radical (unpaired) electrons. The van der Waals surface area contributed by atoms with Gasteiger partial charge in [-0.2, -0.15) is 0 Å². The fraction of sp³-hybridized carbons (Fsp3) is 0.393. The number of methoxy groups -OCH3 is 1. The minimum atomic E-state index is -0.335. The standard InChI is InChI=1S/C28H32N4O2S/c1-18-16-23(19(2)31(18)22-13-9-10-20(17-22)27(33)34-3)26-25(24-14-7-8-15-29-24)30-28(35)32(26)21-11-5-4-6-12-21/h7-10,13-17,21,25-26H,4-6,11-12H2,1-3H3,(H,30,35)/t25-,26-/m1/s1. The average molecular weight is 489 g/mol. The molecular formula is C28H32N4O2S. The molecule has 2 aliphatic rings. The molecule has 3 heterocycles. The topological polar surface area (TPSA) is 59.4 Å². The van der Waals surface area contributed by atoms with E-state index in [4.69, 9.17) is 21.9 Å². The van der Waals surface area contributed by atoms with Crippen LogP contribution >= 0.6 is 12.2 Å². The zero-order chi connectivity index (χ0) is 24.5. The molecule has 6 nitrogen and oxygen atoms in total. The van der Waals surface area contributed by atoms with E-state index >= 15 is 0 Å². The Labute approximate surface area is 212 Å². The first-order chi connectivity index (χ1) is 17.0. The van der Waals surface area contributed by atoms with Crippen molar-refractivity contribution in [2.45, 2.75) is 64.1 Å². The predicted molar refractivity (Wildman–Crippen MR) is 141 cm³/mol. The second kappa shape index (κ2) is 9.82. The van der Waals surface area contributed by atoms with Crippen molar-refractivity contribution in [1.82, 2.24) is 19.8 Å². The average Bonchev–Trinajstić information content (AvgIpc) is 3.39. The summed E-state index contributed by atoms with van der Waals surface area (Å²) < 4.78 is 7.17. The number of nitrogens with zero attached hydrogens (tertiary/aromatic N) is 3. The first kappa shape index (κ1) is 23.5. The van der Waals surface area contributed by atoms with Crippen molar-refractivity contribution in [3.63, 3.8) is 0 Å². The van der Waals surface area contributed by atoms with Gasteiger partial charge in [-0.3, -0.25) is 4.98 Å². The van der Waals surface area contributed by atoms with Gasteiger partial charge in [-0.25, -0.2) is 4.79 Å². The summed E-state index contributed by atoms with van der Waals surface area (Å²) in [7, 11) is 1.41. The van der Waals surface area contributed by atoms with E-state index in [-0.39, 0.29) is 18.1 Å². The normalized spacial score (nSPS) is 20.7. The molecule has 2 aromatic heterocycles. The van der Waals surface area contributed by atoms with E-state index in [1.807, 2.05) is 36.5 Å². The lowest BCUT2D eigenvalue weighted by atomic mass is 9.90. The van der Waals surface area contributed by atoms with E-state index in [9.17, 15) is 4.79 Å². The number of hydrogen-bond donors (Lipinski definition) is 1. The number of thiocarbonyl (C=S) groups is 1. The van der Waals surface area contributed by atoms with E-state index in [0.29, 0.717) is 11.6 Å². The number of ether oxygens (including phenoxy) is 1. The summed E-state index contributed by atoms with van der Waals surface area (Å²) in [5, 5.41) is 4.43. The summed E-state index contributed by atoms with van der Waals surface area (Å²) >= 11 is 5.94. The molecule has 0 spiro atoms. The van der Waals surface area contributed by atoms with Crippen LogP contribution in [0.15, 0.2) is 54.7 Å². The summed E-state index contributed by atoms with van der Waals surface area (Å²) in [4.78, 5) is 19.3. The van der Waals surface area contributed by atoms with Crippen LogP contribution in [0.2, 0.25) is 0 Å². The number of aromatic nitrogens is 2. The Hall–Kier alpha value is -3.19. The molecule has 0 unspecified atom stereocenters. The predicted octanol–water partition coefficient (Wildman–Crippen LogP) is 5.58. The SMILES string of the molecule is COC(=O)c1cccc(-n2c(C)cc([C@@H]3[C@@H](c4ccccn4)NC(=S)N3C3CCCCC3)c2C)c1. The highest BCUT2D eigenvalue weighted by Crippen LogP contribution is 2.44. The molecule has 2 fully saturated rings. The van der Waals surface area contributed by atoms with Gasteiger partial charge in [-0.05, 0) is 80.9 Å². The molecule has 35 heavy (non-hydrogen) atoms. The first-order valence-corrected chi connectivity index (χ1v) is 12.8. The van der Waals surface area contributed by atoms with E-state index in [1.54, 1.807) is 6.07 Å². The monoisotopic (exact) mass is 488 g/mol. The molecule has 1 N–H and O–H groups in total. The zero-order valence-corrected chi connectivity index (χ0v) is 21.3. The van der Waals surface area contributed by atoms with Crippen molar-refractivity contribution < 1.29 is 9.53 Å². The number of carbonyl (C=O) groups is 1. The van der Waals surface area contributed by atoms with E-state index in [1.165, 1.54) is 31.9 Å². The minimum Gasteiger partial charge on any atom is -0.465 e. The molecule has 182 valence electrons. The highest BCUT2D eigenvalue weighted by atomic mass is 32.1. The van der Waals surface area contributed by atoms with Gasteiger partial charge in [0.05, 0.1) is 30.5 Å². The molecular weight excluding hydrogens is 456 g/mol. The van der Waals surface area contributed by atoms with Crippen molar-refractivity contribution in [1.29, 1.82) is 0 Å². The number of benzene rings is 1. The molecule has 1 aromatic carbocycles.